The zero-order valence-corrected chi connectivity index (χ0v) is 16.2. The maximum atomic E-state index is 13.0. The standard InChI is InChI=1S/C24H25NO2/c1-16-13-17(2)15-20(14-16)27-12-11-25(3)24(26)22-10-9-19-8-7-18-5-4-6-21(22)23(18)19/h4-6,9-10,13-15H,7-8,11-12H2,1-3H3. The van der Waals surface area contributed by atoms with Gasteiger partial charge in [0.2, 0.25) is 0 Å². The SMILES string of the molecule is Cc1cc(C)cc(OCCN(C)C(=O)c2ccc3c4c(cccc24)CC3)c1. The largest absolute Gasteiger partial charge is 0.492 e. The lowest BCUT2D eigenvalue weighted by Crippen LogP contribution is -2.31. The minimum atomic E-state index is 0.0506. The van der Waals surface area contributed by atoms with Crippen molar-refractivity contribution in [3.8, 4) is 5.75 Å². The first-order chi connectivity index (χ1) is 13.0. The van der Waals surface area contributed by atoms with Crippen LogP contribution in [-0.4, -0.2) is 31.0 Å². The lowest BCUT2D eigenvalue weighted by atomic mass is 9.99. The van der Waals surface area contributed by atoms with Crippen LogP contribution in [0, 0.1) is 13.8 Å². The molecule has 0 atom stereocenters. The molecule has 1 aliphatic carbocycles. The van der Waals surface area contributed by atoms with E-state index in [1.54, 1.807) is 4.90 Å². The van der Waals surface area contributed by atoms with E-state index in [1.165, 1.54) is 27.6 Å². The highest BCUT2D eigenvalue weighted by molar-refractivity contribution is 6.09. The molecule has 0 saturated carbocycles. The zero-order valence-electron chi connectivity index (χ0n) is 16.2. The van der Waals surface area contributed by atoms with Crippen molar-refractivity contribution in [3.05, 3.63) is 76.3 Å². The van der Waals surface area contributed by atoms with E-state index < -0.39 is 0 Å². The number of hydrogen-bond donors (Lipinski definition) is 0. The van der Waals surface area contributed by atoms with Crippen LogP contribution in [-0.2, 0) is 12.8 Å². The van der Waals surface area contributed by atoms with Crippen LogP contribution in [0.3, 0.4) is 0 Å². The molecule has 0 bridgehead atoms. The smallest absolute Gasteiger partial charge is 0.254 e. The Morgan fingerprint density at radius 1 is 1.00 bits per heavy atom. The van der Waals surface area contributed by atoms with E-state index in [2.05, 4.69) is 44.2 Å². The Hall–Kier alpha value is -2.81. The molecule has 0 fully saturated rings. The molecule has 0 spiro atoms. The van der Waals surface area contributed by atoms with Gasteiger partial charge < -0.3 is 9.64 Å². The number of amides is 1. The average molecular weight is 359 g/mol. The summed E-state index contributed by atoms with van der Waals surface area (Å²) in [5, 5.41) is 2.36. The summed E-state index contributed by atoms with van der Waals surface area (Å²) >= 11 is 0. The van der Waals surface area contributed by atoms with Crippen molar-refractivity contribution in [2.75, 3.05) is 20.2 Å². The van der Waals surface area contributed by atoms with Crippen LogP contribution in [0.15, 0.2) is 48.5 Å². The fraction of sp³-hybridized carbons (Fsp3) is 0.292. The summed E-state index contributed by atoms with van der Waals surface area (Å²) in [6.45, 7) is 5.15. The molecule has 0 N–H and O–H groups in total. The molecule has 3 aromatic carbocycles. The van der Waals surface area contributed by atoms with Gasteiger partial charge in [-0.2, -0.15) is 0 Å². The predicted molar refractivity (Wildman–Crippen MR) is 110 cm³/mol. The summed E-state index contributed by atoms with van der Waals surface area (Å²) in [6, 6.07) is 16.6. The number of carbonyl (C=O) groups is 1. The van der Waals surface area contributed by atoms with Gasteiger partial charge in [-0.25, -0.2) is 0 Å². The van der Waals surface area contributed by atoms with Crippen LogP contribution in [0.25, 0.3) is 10.8 Å². The Labute approximate surface area is 160 Å². The van der Waals surface area contributed by atoms with Gasteiger partial charge in [-0.1, -0.05) is 30.3 Å². The van der Waals surface area contributed by atoms with Gasteiger partial charge in [-0.3, -0.25) is 4.79 Å². The average Bonchev–Trinajstić information content (AvgIpc) is 3.06. The Bertz CT molecular complexity index is 992. The first-order valence-electron chi connectivity index (χ1n) is 9.53. The van der Waals surface area contributed by atoms with E-state index >= 15 is 0 Å². The number of aryl methyl sites for hydroxylation is 4. The van der Waals surface area contributed by atoms with Crippen LogP contribution in [0.2, 0.25) is 0 Å². The molecule has 3 heteroatoms. The number of carbonyl (C=O) groups excluding carboxylic acids is 1. The molecule has 4 rings (SSSR count). The maximum Gasteiger partial charge on any atom is 0.254 e. The third-order valence-electron chi connectivity index (χ3n) is 5.34. The molecule has 1 aliphatic rings. The van der Waals surface area contributed by atoms with E-state index in [9.17, 15) is 4.79 Å². The zero-order chi connectivity index (χ0) is 19.0. The fourth-order valence-corrected chi connectivity index (χ4v) is 4.06. The van der Waals surface area contributed by atoms with Crippen molar-refractivity contribution in [1.29, 1.82) is 0 Å². The third kappa shape index (κ3) is 3.42. The van der Waals surface area contributed by atoms with Crippen molar-refractivity contribution in [3.63, 3.8) is 0 Å². The number of nitrogens with zero attached hydrogens (tertiary/aromatic N) is 1. The molecule has 0 saturated heterocycles. The van der Waals surface area contributed by atoms with E-state index in [-0.39, 0.29) is 5.91 Å². The molecule has 0 heterocycles. The number of hydrogen-bond acceptors (Lipinski definition) is 2. The van der Waals surface area contributed by atoms with E-state index in [0.717, 1.165) is 29.5 Å². The first-order valence-corrected chi connectivity index (χ1v) is 9.53. The predicted octanol–water partition coefficient (Wildman–Crippen LogP) is 4.71. The van der Waals surface area contributed by atoms with Crippen molar-refractivity contribution in [2.45, 2.75) is 26.7 Å². The quantitative estimate of drug-likeness (QED) is 0.660. The normalized spacial score (nSPS) is 12.4. The van der Waals surface area contributed by atoms with Crippen molar-refractivity contribution in [1.82, 2.24) is 4.90 Å². The summed E-state index contributed by atoms with van der Waals surface area (Å²) in [6.07, 6.45) is 2.15. The van der Waals surface area contributed by atoms with Gasteiger partial charge in [0.1, 0.15) is 12.4 Å². The van der Waals surface area contributed by atoms with E-state index in [0.29, 0.717) is 13.2 Å². The van der Waals surface area contributed by atoms with Gasteiger partial charge in [0.15, 0.2) is 0 Å². The van der Waals surface area contributed by atoms with Crippen LogP contribution in [0.4, 0.5) is 0 Å². The molecule has 27 heavy (non-hydrogen) atoms. The highest BCUT2D eigenvalue weighted by atomic mass is 16.5. The van der Waals surface area contributed by atoms with E-state index in [1.807, 2.05) is 25.2 Å². The molecule has 0 radical (unpaired) electrons. The fourth-order valence-electron chi connectivity index (χ4n) is 4.06. The second-order valence-corrected chi connectivity index (χ2v) is 7.51. The second kappa shape index (κ2) is 7.07. The maximum absolute atomic E-state index is 13.0. The van der Waals surface area contributed by atoms with Gasteiger partial charge >= 0.3 is 0 Å². The van der Waals surface area contributed by atoms with Crippen LogP contribution in [0.5, 0.6) is 5.75 Å². The van der Waals surface area contributed by atoms with Gasteiger partial charge in [0.05, 0.1) is 6.54 Å². The minimum absolute atomic E-state index is 0.0506. The highest BCUT2D eigenvalue weighted by Gasteiger charge is 2.20. The molecule has 3 aromatic rings. The summed E-state index contributed by atoms with van der Waals surface area (Å²) in [5.74, 6) is 0.910. The number of ether oxygens (including phenoxy) is 1. The first kappa shape index (κ1) is 17.6. The van der Waals surface area contributed by atoms with Crippen LogP contribution < -0.4 is 4.74 Å². The third-order valence-corrected chi connectivity index (χ3v) is 5.34. The molecule has 3 nitrogen and oxygen atoms in total. The van der Waals surface area contributed by atoms with Crippen LogP contribution in [0.1, 0.15) is 32.6 Å². The molecule has 0 aliphatic heterocycles. The Kier molecular flexibility index (Phi) is 4.61. The minimum Gasteiger partial charge on any atom is -0.492 e. The summed E-state index contributed by atoms with van der Waals surface area (Å²) in [5.41, 5.74) is 5.87. The monoisotopic (exact) mass is 359 g/mol. The summed E-state index contributed by atoms with van der Waals surface area (Å²) in [4.78, 5) is 14.8. The topological polar surface area (TPSA) is 29.5 Å². The van der Waals surface area contributed by atoms with Gasteiger partial charge in [0, 0.05) is 12.6 Å². The molecule has 0 aromatic heterocycles. The van der Waals surface area contributed by atoms with E-state index in [4.69, 9.17) is 4.74 Å². The lowest BCUT2D eigenvalue weighted by Gasteiger charge is -2.19. The Morgan fingerprint density at radius 2 is 1.70 bits per heavy atom. The molecule has 1 amide bonds. The highest BCUT2D eigenvalue weighted by Crippen LogP contribution is 2.33. The lowest BCUT2D eigenvalue weighted by molar-refractivity contribution is 0.0775. The van der Waals surface area contributed by atoms with Crippen molar-refractivity contribution in [2.24, 2.45) is 0 Å². The summed E-state index contributed by atoms with van der Waals surface area (Å²) in [7, 11) is 1.84. The molecular formula is C24H25NO2. The van der Waals surface area contributed by atoms with Gasteiger partial charge in [-0.15, -0.1) is 0 Å². The number of benzene rings is 3. The van der Waals surface area contributed by atoms with Gasteiger partial charge in [0.25, 0.3) is 5.91 Å². The summed E-state index contributed by atoms with van der Waals surface area (Å²) < 4.78 is 5.87. The second-order valence-electron chi connectivity index (χ2n) is 7.51. The number of likely N-dealkylation sites (N-methyl/N-ethyl adjacent to an activating group) is 1. The van der Waals surface area contributed by atoms with Crippen molar-refractivity contribution >= 4 is 16.7 Å². The number of rotatable bonds is 5. The molecular weight excluding hydrogens is 334 g/mol. The Morgan fingerprint density at radius 3 is 2.44 bits per heavy atom. The van der Waals surface area contributed by atoms with Crippen molar-refractivity contribution < 1.29 is 9.53 Å². The van der Waals surface area contributed by atoms with Gasteiger partial charge in [-0.05, 0) is 77.9 Å². The molecule has 0 unspecified atom stereocenters. The Balaban J connectivity index is 1.48. The molecule has 138 valence electrons. The van der Waals surface area contributed by atoms with Crippen LogP contribution >= 0.6 is 0 Å².